The van der Waals surface area contributed by atoms with E-state index in [1.807, 2.05) is 10.9 Å². The van der Waals surface area contributed by atoms with E-state index in [0.717, 1.165) is 73.3 Å². The highest BCUT2D eigenvalue weighted by atomic mass is 35.5. The molecule has 5 rings (SSSR count). The van der Waals surface area contributed by atoms with Crippen LogP contribution in [-0.4, -0.2) is 51.7 Å². The van der Waals surface area contributed by atoms with Crippen LogP contribution in [-0.2, 0) is 17.7 Å². The summed E-state index contributed by atoms with van der Waals surface area (Å²) in [5.74, 6) is 1.22. The number of nitrogens with one attached hydrogen (secondary N) is 1. The minimum atomic E-state index is -0.314. The molecule has 2 unspecified atom stereocenters. The van der Waals surface area contributed by atoms with Crippen LogP contribution in [0.1, 0.15) is 62.9 Å². The Balaban J connectivity index is 1.63. The van der Waals surface area contributed by atoms with E-state index in [-0.39, 0.29) is 18.1 Å². The lowest BCUT2D eigenvalue weighted by Crippen LogP contribution is -2.42. The van der Waals surface area contributed by atoms with Crippen LogP contribution in [0.4, 0.5) is 10.5 Å². The van der Waals surface area contributed by atoms with E-state index in [1.165, 1.54) is 7.11 Å². The summed E-state index contributed by atoms with van der Waals surface area (Å²) in [5, 5.41) is 8.57. The van der Waals surface area contributed by atoms with Gasteiger partial charge in [0.25, 0.3) is 0 Å². The van der Waals surface area contributed by atoms with Gasteiger partial charge >= 0.3 is 6.09 Å². The van der Waals surface area contributed by atoms with Crippen molar-refractivity contribution in [3.63, 3.8) is 0 Å². The Labute approximate surface area is 205 Å². The predicted octanol–water partition coefficient (Wildman–Crippen LogP) is 4.91. The normalized spacial score (nSPS) is 21.8. The van der Waals surface area contributed by atoms with Crippen LogP contribution in [0.5, 0.6) is 0 Å². The molecular formula is C25H33ClN6O2. The van der Waals surface area contributed by atoms with Gasteiger partial charge in [0.05, 0.1) is 41.6 Å². The third-order valence-corrected chi connectivity index (χ3v) is 7.46. The first-order valence-electron chi connectivity index (χ1n) is 12.3. The van der Waals surface area contributed by atoms with Gasteiger partial charge in [0, 0.05) is 29.8 Å². The van der Waals surface area contributed by atoms with Gasteiger partial charge < -0.3 is 14.6 Å². The number of rotatable bonds is 4. The molecular weight excluding hydrogens is 452 g/mol. The lowest BCUT2D eigenvalue weighted by atomic mass is 9.95. The Kier molecular flexibility index (Phi) is 6.53. The maximum Gasteiger partial charge on any atom is 0.414 e. The summed E-state index contributed by atoms with van der Waals surface area (Å²) in [4.78, 5) is 19.6. The third-order valence-electron chi connectivity index (χ3n) is 7.27. The van der Waals surface area contributed by atoms with Crippen LogP contribution in [0.15, 0.2) is 24.5 Å². The number of benzene rings is 1. The number of nitrogens with zero attached hydrogens (tertiary/aromatic N) is 5. The van der Waals surface area contributed by atoms with Crippen LogP contribution in [0.3, 0.4) is 0 Å². The number of aromatic nitrogens is 4. The van der Waals surface area contributed by atoms with E-state index >= 15 is 0 Å². The first kappa shape index (κ1) is 23.2. The van der Waals surface area contributed by atoms with Crippen molar-refractivity contribution in [1.82, 2.24) is 24.6 Å². The molecule has 1 aromatic carbocycles. The summed E-state index contributed by atoms with van der Waals surface area (Å²) in [6.07, 6.45) is 8.34. The molecule has 1 N–H and O–H groups in total. The van der Waals surface area contributed by atoms with Crippen molar-refractivity contribution in [2.75, 3.05) is 25.1 Å². The molecule has 4 heterocycles. The second-order valence-corrected chi connectivity index (χ2v) is 10.1. The number of ether oxygens (including phenoxy) is 1. The van der Waals surface area contributed by atoms with Crippen LogP contribution in [0, 0.1) is 0 Å². The number of amides is 1. The minimum absolute atomic E-state index is 0.0929. The second-order valence-electron chi connectivity index (χ2n) is 9.62. The van der Waals surface area contributed by atoms with E-state index in [4.69, 9.17) is 21.3 Å². The number of fused-ring (bicyclic) bond motifs is 3. The molecule has 0 saturated carbocycles. The first-order valence-corrected chi connectivity index (χ1v) is 12.6. The summed E-state index contributed by atoms with van der Waals surface area (Å²) in [5.41, 5.74) is 4.23. The van der Waals surface area contributed by atoms with Crippen molar-refractivity contribution in [3.8, 4) is 0 Å². The van der Waals surface area contributed by atoms with Crippen LogP contribution in [0.2, 0.25) is 5.02 Å². The van der Waals surface area contributed by atoms with E-state index < -0.39 is 0 Å². The van der Waals surface area contributed by atoms with Gasteiger partial charge in [-0.3, -0.25) is 9.58 Å². The van der Waals surface area contributed by atoms with E-state index in [2.05, 4.69) is 41.0 Å². The fourth-order valence-electron chi connectivity index (χ4n) is 5.58. The number of hydrogen-bond acceptors (Lipinski definition) is 5. The van der Waals surface area contributed by atoms with Gasteiger partial charge in [-0.15, -0.1) is 0 Å². The molecule has 3 aromatic rings. The summed E-state index contributed by atoms with van der Waals surface area (Å²) in [7, 11) is 1.44. The number of hydrogen-bond donors (Lipinski definition) is 1. The van der Waals surface area contributed by atoms with Gasteiger partial charge in [-0.05, 0) is 64.3 Å². The zero-order chi connectivity index (χ0) is 23.8. The van der Waals surface area contributed by atoms with E-state index in [0.29, 0.717) is 17.6 Å². The second kappa shape index (κ2) is 9.58. The quantitative estimate of drug-likeness (QED) is 0.569. The van der Waals surface area contributed by atoms with Gasteiger partial charge in [-0.25, -0.2) is 9.78 Å². The van der Waals surface area contributed by atoms with E-state index in [9.17, 15) is 4.79 Å². The molecule has 0 bridgehead atoms. The number of methoxy groups -OCH3 is 1. The van der Waals surface area contributed by atoms with E-state index in [1.54, 1.807) is 11.1 Å². The van der Waals surface area contributed by atoms with Crippen molar-refractivity contribution < 1.29 is 9.53 Å². The maximum atomic E-state index is 12.6. The summed E-state index contributed by atoms with van der Waals surface area (Å²) < 4.78 is 9.47. The highest BCUT2D eigenvalue weighted by Crippen LogP contribution is 2.39. The summed E-state index contributed by atoms with van der Waals surface area (Å²) in [6, 6.07) is 4.71. The molecule has 3 atom stereocenters. The van der Waals surface area contributed by atoms with Crippen molar-refractivity contribution in [1.29, 1.82) is 0 Å². The number of carbonyl (C=O) groups excluding carboxylic acids is 1. The maximum absolute atomic E-state index is 12.6. The van der Waals surface area contributed by atoms with Gasteiger partial charge in [0.2, 0.25) is 0 Å². The smallest absolute Gasteiger partial charge is 0.414 e. The molecule has 1 fully saturated rings. The standard InChI is InChI=1S/C25H33ClN6O2/c1-16(14-30-15-18(26)13-28-30)24-29-23-20-7-6-17(2)31(25(33)34-3)21(20)8-9-22(23)32(24)19-5-4-11-27-12-10-19/h8-9,13,15-17,19,27H,4-7,10-12,14H2,1-3H3/t16?,17-,19?/m0/s1. The largest absolute Gasteiger partial charge is 0.452 e. The fourth-order valence-corrected chi connectivity index (χ4v) is 5.74. The van der Waals surface area contributed by atoms with Gasteiger partial charge in [0.15, 0.2) is 0 Å². The molecule has 34 heavy (non-hydrogen) atoms. The lowest BCUT2D eigenvalue weighted by molar-refractivity contribution is 0.175. The third kappa shape index (κ3) is 4.18. The predicted molar refractivity (Wildman–Crippen MR) is 134 cm³/mol. The SMILES string of the molecule is COC(=O)N1c2ccc3c(nc(C(C)Cn4cc(Cl)cn4)n3C3CCCNCC3)c2CC[C@@H]1C. The molecule has 0 radical (unpaired) electrons. The van der Waals surface area contributed by atoms with Crippen molar-refractivity contribution in [2.45, 2.75) is 70.5 Å². The Morgan fingerprint density at radius 2 is 2.15 bits per heavy atom. The van der Waals surface area contributed by atoms with Crippen LogP contribution in [0.25, 0.3) is 11.0 Å². The Bertz CT molecular complexity index is 1180. The fraction of sp³-hybridized carbons (Fsp3) is 0.560. The molecule has 2 aromatic heterocycles. The highest BCUT2D eigenvalue weighted by molar-refractivity contribution is 6.30. The lowest BCUT2D eigenvalue weighted by Gasteiger charge is -2.34. The van der Waals surface area contributed by atoms with Gasteiger partial charge in [-0.2, -0.15) is 5.10 Å². The zero-order valence-electron chi connectivity index (χ0n) is 20.1. The molecule has 2 aliphatic rings. The molecule has 1 amide bonds. The molecule has 9 heteroatoms. The van der Waals surface area contributed by atoms with Crippen LogP contribution >= 0.6 is 11.6 Å². The van der Waals surface area contributed by atoms with Crippen molar-refractivity contribution in [3.05, 3.63) is 40.9 Å². The molecule has 182 valence electrons. The van der Waals surface area contributed by atoms with Gasteiger partial charge in [-0.1, -0.05) is 18.5 Å². The Morgan fingerprint density at radius 1 is 1.29 bits per heavy atom. The van der Waals surface area contributed by atoms with Crippen LogP contribution < -0.4 is 10.2 Å². The summed E-state index contributed by atoms with van der Waals surface area (Å²) >= 11 is 6.11. The van der Waals surface area contributed by atoms with Crippen molar-refractivity contribution in [2.24, 2.45) is 0 Å². The average Bonchev–Trinajstić information content (AvgIpc) is 3.31. The average molecular weight is 485 g/mol. The number of aryl methyl sites for hydroxylation is 1. The number of imidazole rings is 1. The topological polar surface area (TPSA) is 77.2 Å². The summed E-state index contributed by atoms with van der Waals surface area (Å²) in [6.45, 7) is 7.04. The monoisotopic (exact) mass is 484 g/mol. The molecule has 0 aliphatic carbocycles. The highest BCUT2D eigenvalue weighted by Gasteiger charge is 2.33. The van der Waals surface area contributed by atoms with Crippen molar-refractivity contribution >= 4 is 34.4 Å². The molecule has 1 saturated heterocycles. The zero-order valence-corrected chi connectivity index (χ0v) is 20.9. The number of carbonyl (C=O) groups is 1. The number of halogens is 1. The minimum Gasteiger partial charge on any atom is -0.452 e. The molecule has 0 spiro atoms. The Hall–Kier alpha value is -2.58. The molecule has 8 nitrogen and oxygen atoms in total. The first-order chi connectivity index (χ1) is 16.5. The number of anilines is 1. The Morgan fingerprint density at radius 3 is 2.91 bits per heavy atom. The van der Waals surface area contributed by atoms with Gasteiger partial charge in [0.1, 0.15) is 5.82 Å². The molecule has 2 aliphatic heterocycles.